The first-order valence-corrected chi connectivity index (χ1v) is 9.36. The van der Waals surface area contributed by atoms with Crippen molar-refractivity contribution in [1.29, 1.82) is 0 Å². The van der Waals surface area contributed by atoms with Crippen molar-refractivity contribution >= 4 is 29.4 Å². The average molecular weight is 415 g/mol. The van der Waals surface area contributed by atoms with Crippen LogP contribution in [0.1, 0.15) is 23.7 Å². The second kappa shape index (κ2) is 9.75. The molecule has 2 aromatic carbocycles. The number of nitrogens with zero attached hydrogens (tertiary/aromatic N) is 1. The van der Waals surface area contributed by atoms with Crippen molar-refractivity contribution in [1.82, 2.24) is 5.16 Å². The van der Waals surface area contributed by atoms with E-state index in [0.717, 1.165) is 0 Å². The third kappa shape index (κ3) is 5.36. The van der Waals surface area contributed by atoms with Crippen molar-refractivity contribution < 1.29 is 23.6 Å². The van der Waals surface area contributed by atoms with E-state index in [0.29, 0.717) is 16.3 Å². The Morgan fingerprint density at radius 1 is 1.10 bits per heavy atom. The molecule has 1 amide bonds. The summed E-state index contributed by atoms with van der Waals surface area (Å²) < 4.78 is 15.8. The average Bonchev–Trinajstić information content (AvgIpc) is 3.13. The fourth-order valence-electron chi connectivity index (χ4n) is 2.54. The Labute approximate surface area is 172 Å². The quantitative estimate of drug-likeness (QED) is 0.542. The zero-order valence-electron chi connectivity index (χ0n) is 15.7. The third-order valence-electron chi connectivity index (χ3n) is 3.88. The van der Waals surface area contributed by atoms with Gasteiger partial charge in [-0.1, -0.05) is 47.1 Å². The van der Waals surface area contributed by atoms with Gasteiger partial charge in [0.15, 0.2) is 5.56 Å². The summed E-state index contributed by atoms with van der Waals surface area (Å²) in [7, 11) is 0. The molecule has 3 rings (SSSR count). The van der Waals surface area contributed by atoms with Gasteiger partial charge in [0.2, 0.25) is 11.8 Å². The molecule has 29 heavy (non-hydrogen) atoms. The maximum absolute atomic E-state index is 12.4. The van der Waals surface area contributed by atoms with Gasteiger partial charge in [0.25, 0.3) is 0 Å². The molecule has 0 saturated heterocycles. The van der Waals surface area contributed by atoms with Crippen LogP contribution >= 0.6 is 11.6 Å². The first-order valence-electron chi connectivity index (χ1n) is 8.99. The lowest BCUT2D eigenvalue weighted by Crippen LogP contribution is -2.17. The Hall–Kier alpha value is -3.32. The molecule has 0 saturated carbocycles. The lowest BCUT2D eigenvalue weighted by atomic mass is 10.1. The molecule has 3 aromatic rings. The highest BCUT2D eigenvalue weighted by Crippen LogP contribution is 2.30. The van der Waals surface area contributed by atoms with Crippen LogP contribution in [0.25, 0.3) is 11.3 Å². The second-order valence-electron chi connectivity index (χ2n) is 5.92. The van der Waals surface area contributed by atoms with E-state index >= 15 is 0 Å². The van der Waals surface area contributed by atoms with Crippen LogP contribution in [0.15, 0.2) is 59.1 Å². The van der Waals surface area contributed by atoms with Gasteiger partial charge in [0.1, 0.15) is 11.4 Å². The van der Waals surface area contributed by atoms with Crippen molar-refractivity contribution in [3.05, 3.63) is 65.2 Å². The van der Waals surface area contributed by atoms with E-state index in [9.17, 15) is 9.59 Å². The SMILES string of the molecule is CCOC(=O)c1c(-c2ccc(Cl)cc2)noc1NC(=O)CCOc1ccccc1. The minimum atomic E-state index is -0.644. The molecule has 1 N–H and O–H groups in total. The van der Waals surface area contributed by atoms with Gasteiger partial charge in [0, 0.05) is 10.6 Å². The number of hydrogen-bond acceptors (Lipinski definition) is 6. The van der Waals surface area contributed by atoms with Crippen molar-refractivity contribution in [2.75, 3.05) is 18.5 Å². The van der Waals surface area contributed by atoms with E-state index in [1.54, 1.807) is 43.3 Å². The van der Waals surface area contributed by atoms with Gasteiger partial charge in [0.05, 0.1) is 19.6 Å². The van der Waals surface area contributed by atoms with E-state index in [1.165, 1.54) is 0 Å². The number of hydrogen-bond donors (Lipinski definition) is 1. The topological polar surface area (TPSA) is 90.7 Å². The normalized spacial score (nSPS) is 10.4. The zero-order valence-corrected chi connectivity index (χ0v) is 16.4. The molecule has 1 aromatic heterocycles. The van der Waals surface area contributed by atoms with Crippen LogP contribution in [0, 0.1) is 0 Å². The standard InChI is InChI=1S/C21H19ClN2O5/c1-2-27-21(26)18-19(14-8-10-15(22)11-9-14)24-29-20(18)23-17(25)12-13-28-16-6-4-3-5-7-16/h3-11H,2,12-13H2,1H3,(H,23,25). The monoisotopic (exact) mass is 414 g/mol. The van der Waals surface area contributed by atoms with Crippen molar-refractivity contribution in [2.24, 2.45) is 0 Å². The van der Waals surface area contributed by atoms with Crippen molar-refractivity contribution in [3.63, 3.8) is 0 Å². The number of benzene rings is 2. The van der Waals surface area contributed by atoms with Crippen LogP contribution in [-0.2, 0) is 9.53 Å². The number of ether oxygens (including phenoxy) is 2. The predicted molar refractivity (Wildman–Crippen MR) is 108 cm³/mol. The van der Waals surface area contributed by atoms with Crippen LogP contribution in [0.5, 0.6) is 5.75 Å². The number of rotatable bonds is 8. The van der Waals surface area contributed by atoms with Crippen LogP contribution in [0.3, 0.4) is 0 Å². The fraction of sp³-hybridized carbons (Fsp3) is 0.190. The molecule has 8 heteroatoms. The molecule has 0 atom stereocenters. The van der Waals surface area contributed by atoms with Gasteiger partial charge in [-0.3, -0.25) is 10.1 Å². The molecule has 0 aliphatic carbocycles. The third-order valence-corrected chi connectivity index (χ3v) is 4.14. The summed E-state index contributed by atoms with van der Waals surface area (Å²) in [5.41, 5.74) is 0.913. The van der Waals surface area contributed by atoms with Gasteiger partial charge in [-0.25, -0.2) is 4.79 Å². The predicted octanol–water partition coefficient (Wildman–Crippen LogP) is 4.58. The van der Waals surface area contributed by atoms with Crippen molar-refractivity contribution in [3.8, 4) is 17.0 Å². The van der Waals surface area contributed by atoms with Gasteiger partial charge in [-0.15, -0.1) is 0 Å². The molecular weight excluding hydrogens is 396 g/mol. The smallest absolute Gasteiger partial charge is 0.346 e. The van der Waals surface area contributed by atoms with Crippen molar-refractivity contribution in [2.45, 2.75) is 13.3 Å². The molecule has 0 aliphatic rings. The van der Waals surface area contributed by atoms with E-state index in [1.807, 2.05) is 18.2 Å². The molecule has 0 spiro atoms. The maximum atomic E-state index is 12.4. The molecule has 0 bridgehead atoms. The number of para-hydroxylation sites is 1. The summed E-state index contributed by atoms with van der Waals surface area (Å²) in [5, 5.41) is 7.04. The van der Waals surface area contributed by atoms with E-state index in [-0.39, 0.29) is 42.7 Å². The molecule has 7 nitrogen and oxygen atoms in total. The zero-order chi connectivity index (χ0) is 20.6. The molecule has 150 valence electrons. The van der Waals surface area contributed by atoms with Gasteiger partial charge in [-0.05, 0) is 31.2 Å². The Kier molecular flexibility index (Phi) is 6.86. The van der Waals surface area contributed by atoms with Gasteiger partial charge >= 0.3 is 5.97 Å². The first-order chi connectivity index (χ1) is 14.1. The minimum absolute atomic E-state index is 0.0477. The number of halogens is 1. The van der Waals surface area contributed by atoms with Crippen LogP contribution < -0.4 is 10.1 Å². The fourth-order valence-corrected chi connectivity index (χ4v) is 2.67. The summed E-state index contributed by atoms with van der Waals surface area (Å²) in [5.74, 6) is -0.435. The highest BCUT2D eigenvalue weighted by Gasteiger charge is 2.26. The summed E-state index contributed by atoms with van der Waals surface area (Å²) in [6.07, 6.45) is 0.0636. The summed E-state index contributed by atoms with van der Waals surface area (Å²) in [4.78, 5) is 24.7. The molecule has 0 radical (unpaired) electrons. The second-order valence-corrected chi connectivity index (χ2v) is 6.36. The van der Waals surface area contributed by atoms with Gasteiger partial charge < -0.3 is 14.0 Å². The van der Waals surface area contributed by atoms with Crippen LogP contribution in [0.2, 0.25) is 5.02 Å². The largest absolute Gasteiger partial charge is 0.493 e. The summed E-state index contributed by atoms with van der Waals surface area (Å²) >= 11 is 5.91. The Bertz CT molecular complexity index is 970. The molecule has 0 unspecified atom stereocenters. The number of amides is 1. The minimum Gasteiger partial charge on any atom is -0.493 e. The maximum Gasteiger partial charge on any atom is 0.346 e. The molecule has 1 heterocycles. The number of anilines is 1. The number of aromatic nitrogens is 1. The highest BCUT2D eigenvalue weighted by molar-refractivity contribution is 6.30. The van der Waals surface area contributed by atoms with Gasteiger partial charge in [-0.2, -0.15) is 0 Å². The van der Waals surface area contributed by atoms with E-state index < -0.39 is 5.97 Å². The highest BCUT2D eigenvalue weighted by atomic mass is 35.5. The van der Waals surface area contributed by atoms with Crippen LogP contribution in [0.4, 0.5) is 5.88 Å². The first kappa shape index (κ1) is 20.4. The van der Waals surface area contributed by atoms with E-state index in [4.69, 9.17) is 25.6 Å². The molecule has 0 fully saturated rings. The number of carbonyl (C=O) groups is 2. The molecular formula is C21H19ClN2O5. The lowest BCUT2D eigenvalue weighted by Gasteiger charge is -2.07. The summed E-state index contributed by atoms with van der Waals surface area (Å²) in [6, 6.07) is 15.9. The number of carbonyl (C=O) groups excluding carboxylic acids is 2. The Morgan fingerprint density at radius 2 is 1.83 bits per heavy atom. The number of esters is 1. The van der Waals surface area contributed by atoms with E-state index in [2.05, 4.69) is 10.5 Å². The van der Waals surface area contributed by atoms with Crippen LogP contribution in [-0.4, -0.2) is 30.2 Å². The Balaban J connectivity index is 1.73. The summed E-state index contributed by atoms with van der Waals surface area (Å²) in [6.45, 7) is 2.03. The molecule has 0 aliphatic heterocycles. The number of nitrogens with one attached hydrogen (secondary N) is 1. The lowest BCUT2D eigenvalue weighted by molar-refractivity contribution is -0.116. The Morgan fingerprint density at radius 3 is 2.52 bits per heavy atom.